The maximum atomic E-state index is 13.7. The van der Waals surface area contributed by atoms with Crippen LogP contribution in [0.3, 0.4) is 0 Å². The number of ether oxygens (including phenoxy) is 2. The van der Waals surface area contributed by atoms with E-state index in [0.29, 0.717) is 36.8 Å². The fraction of sp³-hybridized carbons (Fsp3) is 0.241. The highest BCUT2D eigenvalue weighted by Crippen LogP contribution is 2.43. The number of nitrogens with one attached hydrogen (secondary N) is 2. The van der Waals surface area contributed by atoms with Crippen molar-refractivity contribution in [2.45, 2.75) is 31.0 Å². The molecule has 1 aliphatic rings. The Morgan fingerprint density at radius 1 is 1.13 bits per heavy atom. The molecule has 38 heavy (non-hydrogen) atoms. The minimum absolute atomic E-state index is 0.0619. The van der Waals surface area contributed by atoms with Crippen LogP contribution in [-0.2, 0) is 16.1 Å². The summed E-state index contributed by atoms with van der Waals surface area (Å²) >= 11 is 3.46. The van der Waals surface area contributed by atoms with Gasteiger partial charge in [-0.25, -0.2) is 14.8 Å². The van der Waals surface area contributed by atoms with Gasteiger partial charge in [0.15, 0.2) is 11.6 Å². The van der Waals surface area contributed by atoms with Crippen molar-refractivity contribution in [2.24, 2.45) is 4.99 Å². The Balaban J connectivity index is 1.60. The summed E-state index contributed by atoms with van der Waals surface area (Å²) in [7, 11) is 0. The van der Waals surface area contributed by atoms with Gasteiger partial charge in [0.25, 0.3) is 5.91 Å². The molecule has 198 valence electrons. The molecule has 2 atom stereocenters. The van der Waals surface area contributed by atoms with Gasteiger partial charge < -0.3 is 14.6 Å². The zero-order chi connectivity index (χ0) is 27.0. The predicted octanol–water partition coefficient (Wildman–Crippen LogP) is 5.00. The number of halogens is 2. The summed E-state index contributed by atoms with van der Waals surface area (Å²) in [5, 5.41) is 8.95. The Hall–Kier alpha value is -3.53. The molecule has 0 radical (unpaired) electrons. The second-order valence-electron chi connectivity index (χ2n) is 8.77. The van der Waals surface area contributed by atoms with Crippen molar-refractivity contribution in [1.82, 2.24) is 10.9 Å². The second-order valence-corrected chi connectivity index (χ2v) is 9.68. The van der Waals surface area contributed by atoms with E-state index in [1.807, 2.05) is 36.4 Å². The third-order valence-corrected chi connectivity index (χ3v) is 6.59. The number of hydrogen-bond donors (Lipinski definition) is 3. The summed E-state index contributed by atoms with van der Waals surface area (Å²) in [6, 6.07) is 20.8. The number of carbonyl (C=O) groups is 1. The Kier molecular flexibility index (Phi) is 9.28. The molecule has 0 spiro atoms. The molecule has 0 aromatic heterocycles. The number of benzene rings is 3. The maximum Gasteiger partial charge on any atom is 0.266 e. The summed E-state index contributed by atoms with van der Waals surface area (Å²) in [5.41, 5.74) is 6.66. The lowest BCUT2D eigenvalue weighted by molar-refractivity contribution is -0.129. The lowest BCUT2D eigenvalue weighted by Crippen LogP contribution is -2.52. The number of rotatable bonds is 12. The van der Waals surface area contributed by atoms with Gasteiger partial charge >= 0.3 is 0 Å². The summed E-state index contributed by atoms with van der Waals surface area (Å²) in [6.07, 6.45) is 1.71. The van der Waals surface area contributed by atoms with E-state index in [0.717, 1.165) is 15.6 Å². The van der Waals surface area contributed by atoms with Crippen molar-refractivity contribution in [2.75, 3.05) is 13.2 Å². The van der Waals surface area contributed by atoms with Crippen molar-refractivity contribution in [3.63, 3.8) is 0 Å². The van der Waals surface area contributed by atoms with E-state index >= 15 is 0 Å². The Labute approximate surface area is 229 Å². The average Bonchev–Trinajstić information content (AvgIpc) is 3.31. The van der Waals surface area contributed by atoms with Crippen LogP contribution in [0.5, 0.6) is 5.75 Å². The molecule has 7 nitrogen and oxygen atoms in total. The summed E-state index contributed by atoms with van der Waals surface area (Å²) in [4.78, 5) is 18.5. The van der Waals surface area contributed by atoms with E-state index in [1.54, 1.807) is 30.3 Å². The number of hydrazine groups is 1. The first-order valence-corrected chi connectivity index (χ1v) is 13.0. The van der Waals surface area contributed by atoms with Crippen molar-refractivity contribution in [1.29, 1.82) is 0 Å². The quantitative estimate of drug-likeness (QED) is 0.159. The first kappa shape index (κ1) is 27.5. The topological polar surface area (TPSA) is 92.2 Å². The van der Waals surface area contributed by atoms with Gasteiger partial charge in [-0.3, -0.25) is 10.2 Å². The Morgan fingerprint density at radius 3 is 2.50 bits per heavy atom. The summed E-state index contributed by atoms with van der Waals surface area (Å²) in [6.45, 7) is 4.64. The standard InChI is InChI=1S/C29H29BrFN3O4/c1-2-16-29(28(36)34-32-19-20-4-12-24(31)13-5-20)26(21-6-10-23(30)11-7-21)38-27(33-29)22-8-14-25(15-9-22)37-18-3-17-35/h2,4-15,26,32,35H,1,3,16-19H2,(H,34,36)/t26-,29-/m0/s1. The van der Waals surface area contributed by atoms with Gasteiger partial charge in [0.05, 0.1) is 6.61 Å². The highest BCUT2D eigenvalue weighted by atomic mass is 79.9. The van der Waals surface area contributed by atoms with Crippen LogP contribution in [0.1, 0.15) is 35.6 Å². The third kappa shape index (κ3) is 6.48. The molecular formula is C29H29BrFN3O4. The van der Waals surface area contributed by atoms with E-state index in [1.165, 1.54) is 12.1 Å². The van der Waals surface area contributed by atoms with Gasteiger partial charge in [0.1, 0.15) is 11.6 Å². The summed E-state index contributed by atoms with van der Waals surface area (Å²) in [5.74, 6) is 0.280. The number of aliphatic hydroxyl groups is 1. The molecule has 0 bridgehead atoms. The molecule has 1 aliphatic heterocycles. The molecule has 0 saturated carbocycles. The molecule has 4 rings (SSSR count). The van der Waals surface area contributed by atoms with Crippen LogP contribution >= 0.6 is 15.9 Å². The number of nitrogens with zero attached hydrogens (tertiary/aromatic N) is 1. The molecule has 3 aromatic carbocycles. The zero-order valence-corrected chi connectivity index (χ0v) is 22.3. The highest BCUT2D eigenvalue weighted by Gasteiger charge is 2.52. The minimum Gasteiger partial charge on any atom is -0.494 e. The summed E-state index contributed by atoms with van der Waals surface area (Å²) < 4.78 is 26.1. The Bertz CT molecular complexity index is 1270. The second kappa shape index (κ2) is 12.8. The normalized spacial score (nSPS) is 18.4. The van der Waals surface area contributed by atoms with Crippen LogP contribution in [0.2, 0.25) is 0 Å². The first-order valence-electron chi connectivity index (χ1n) is 12.2. The van der Waals surface area contributed by atoms with Crippen LogP contribution in [0.25, 0.3) is 0 Å². The fourth-order valence-electron chi connectivity index (χ4n) is 4.11. The lowest BCUT2D eigenvalue weighted by Gasteiger charge is -2.29. The van der Waals surface area contributed by atoms with Gasteiger partial charge in [0.2, 0.25) is 5.90 Å². The molecule has 0 aliphatic carbocycles. The van der Waals surface area contributed by atoms with Crippen LogP contribution in [-0.4, -0.2) is 35.7 Å². The van der Waals surface area contributed by atoms with Crippen molar-refractivity contribution < 1.29 is 23.8 Å². The molecule has 0 fully saturated rings. The van der Waals surface area contributed by atoms with Crippen LogP contribution < -0.4 is 15.6 Å². The number of amides is 1. The lowest BCUT2D eigenvalue weighted by atomic mass is 9.84. The first-order chi connectivity index (χ1) is 18.4. The fourth-order valence-corrected chi connectivity index (χ4v) is 4.37. The van der Waals surface area contributed by atoms with Crippen molar-refractivity contribution in [3.8, 4) is 5.75 Å². The molecule has 1 heterocycles. The van der Waals surface area contributed by atoms with Crippen LogP contribution in [0.4, 0.5) is 4.39 Å². The maximum absolute atomic E-state index is 13.7. The Morgan fingerprint density at radius 2 is 1.84 bits per heavy atom. The van der Waals surface area contributed by atoms with Gasteiger partial charge in [-0.2, -0.15) is 0 Å². The smallest absolute Gasteiger partial charge is 0.266 e. The zero-order valence-electron chi connectivity index (χ0n) is 20.7. The molecule has 0 unspecified atom stereocenters. The SMILES string of the molecule is C=CC[C@]1(C(=O)NNCc2ccc(F)cc2)N=C(c2ccc(OCCCO)cc2)O[C@H]1c1ccc(Br)cc1. The minimum atomic E-state index is -1.32. The van der Waals surface area contributed by atoms with Gasteiger partial charge in [-0.15, -0.1) is 6.58 Å². The van der Waals surface area contributed by atoms with E-state index < -0.39 is 11.6 Å². The van der Waals surface area contributed by atoms with Crippen molar-refractivity contribution >= 4 is 27.7 Å². The molecule has 0 saturated heterocycles. The monoisotopic (exact) mass is 581 g/mol. The molecule has 1 amide bonds. The van der Waals surface area contributed by atoms with E-state index in [2.05, 4.69) is 33.4 Å². The highest BCUT2D eigenvalue weighted by molar-refractivity contribution is 9.10. The van der Waals surface area contributed by atoms with E-state index in [9.17, 15) is 9.18 Å². The molecule has 9 heteroatoms. The molecule has 3 N–H and O–H groups in total. The number of carbonyl (C=O) groups excluding carboxylic acids is 1. The van der Waals surface area contributed by atoms with E-state index in [4.69, 9.17) is 19.6 Å². The number of aliphatic imine (C=N–C) groups is 1. The van der Waals surface area contributed by atoms with Gasteiger partial charge in [-0.05, 0) is 59.7 Å². The predicted molar refractivity (Wildman–Crippen MR) is 147 cm³/mol. The van der Waals surface area contributed by atoms with Gasteiger partial charge in [0, 0.05) is 36.0 Å². The third-order valence-electron chi connectivity index (χ3n) is 6.07. The average molecular weight is 582 g/mol. The van der Waals surface area contributed by atoms with Crippen LogP contribution in [0.15, 0.2) is 94.9 Å². The number of aliphatic hydroxyl groups excluding tert-OH is 1. The largest absolute Gasteiger partial charge is 0.494 e. The van der Waals surface area contributed by atoms with Crippen LogP contribution in [0, 0.1) is 5.82 Å². The molecule has 3 aromatic rings. The van der Waals surface area contributed by atoms with E-state index in [-0.39, 0.29) is 24.8 Å². The number of hydrogen-bond acceptors (Lipinski definition) is 6. The van der Waals surface area contributed by atoms with Crippen molar-refractivity contribution in [3.05, 3.63) is 112 Å². The molecular weight excluding hydrogens is 553 g/mol. The van der Waals surface area contributed by atoms with Gasteiger partial charge in [-0.1, -0.05) is 46.3 Å².